The molecule has 0 radical (unpaired) electrons. The summed E-state index contributed by atoms with van der Waals surface area (Å²) in [5, 5.41) is 4.65. The number of hydrogen-bond acceptors (Lipinski definition) is 3. The van der Waals surface area contributed by atoms with Crippen molar-refractivity contribution in [3.63, 3.8) is 0 Å². The minimum absolute atomic E-state index is 0.182. The monoisotopic (exact) mass is 256 g/mol. The molecule has 3 rings (SSSR count). The molecule has 2 aromatic heterocycles. The summed E-state index contributed by atoms with van der Waals surface area (Å²) in [5.74, 6) is 1.59. The molecule has 4 heteroatoms. The zero-order chi connectivity index (χ0) is 13.2. The lowest BCUT2D eigenvalue weighted by atomic mass is 10.1. The van der Waals surface area contributed by atoms with E-state index in [-0.39, 0.29) is 6.04 Å². The largest absolute Gasteiger partial charge is 0.327 e. The molecule has 0 spiro atoms. The van der Waals surface area contributed by atoms with Crippen LogP contribution < -0.4 is 5.73 Å². The lowest BCUT2D eigenvalue weighted by molar-refractivity contribution is 0.639. The molecule has 0 bridgehead atoms. The third-order valence-electron chi connectivity index (χ3n) is 3.70. The molecule has 19 heavy (non-hydrogen) atoms. The molecule has 1 aliphatic carbocycles. The van der Waals surface area contributed by atoms with E-state index in [1.165, 1.54) is 24.1 Å². The molecule has 1 aliphatic rings. The van der Waals surface area contributed by atoms with E-state index in [1.807, 2.05) is 23.1 Å². The number of rotatable bonds is 5. The number of hydrogen-bond donors (Lipinski definition) is 1. The highest BCUT2D eigenvalue weighted by atomic mass is 15.3. The first-order chi connectivity index (χ1) is 9.28. The van der Waals surface area contributed by atoms with E-state index >= 15 is 0 Å². The molecule has 2 N–H and O–H groups in total. The average molecular weight is 256 g/mol. The van der Waals surface area contributed by atoms with Gasteiger partial charge in [-0.1, -0.05) is 13.0 Å². The van der Waals surface area contributed by atoms with Gasteiger partial charge in [-0.15, -0.1) is 0 Å². The van der Waals surface area contributed by atoms with Gasteiger partial charge in [0.15, 0.2) is 5.82 Å². The molecule has 2 heterocycles. The predicted molar refractivity (Wildman–Crippen MR) is 75.3 cm³/mol. The van der Waals surface area contributed by atoms with Gasteiger partial charge in [0.2, 0.25) is 0 Å². The van der Waals surface area contributed by atoms with E-state index in [4.69, 9.17) is 5.73 Å². The molecule has 0 amide bonds. The number of nitrogens with zero attached hydrogens (tertiary/aromatic N) is 3. The Kier molecular flexibility index (Phi) is 3.34. The Bertz CT molecular complexity index is 557. The molecule has 0 aromatic carbocycles. The first-order valence-electron chi connectivity index (χ1n) is 7.03. The van der Waals surface area contributed by atoms with Crippen molar-refractivity contribution in [2.24, 2.45) is 5.73 Å². The first-order valence-corrected chi connectivity index (χ1v) is 7.03. The summed E-state index contributed by atoms with van der Waals surface area (Å²) in [6.07, 6.45) is 8.18. The van der Waals surface area contributed by atoms with E-state index < -0.39 is 0 Å². The zero-order valence-electron chi connectivity index (χ0n) is 11.3. The van der Waals surface area contributed by atoms with Gasteiger partial charge in [-0.2, -0.15) is 5.10 Å². The fourth-order valence-corrected chi connectivity index (χ4v) is 2.28. The van der Waals surface area contributed by atoms with Crippen LogP contribution in [0.5, 0.6) is 0 Å². The van der Waals surface area contributed by atoms with Crippen molar-refractivity contribution in [3.8, 4) is 5.82 Å². The Morgan fingerprint density at radius 3 is 3.00 bits per heavy atom. The minimum atomic E-state index is 0.182. The summed E-state index contributed by atoms with van der Waals surface area (Å²) >= 11 is 0. The fourth-order valence-electron chi connectivity index (χ4n) is 2.28. The maximum Gasteiger partial charge on any atom is 0.156 e. The van der Waals surface area contributed by atoms with E-state index in [1.54, 1.807) is 0 Å². The van der Waals surface area contributed by atoms with Crippen molar-refractivity contribution in [1.29, 1.82) is 0 Å². The van der Waals surface area contributed by atoms with Gasteiger partial charge in [0.05, 0.1) is 5.69 Å². The average Bonchev–Trinajstić information content (AvgIpc) is 3.17. The van der Waals surface area contributed by atoms with E-state index in [9.17, 15) is 0 Å². The smallest absolute Gasteiger partial charge is 0.156 e. The zero-order valence-corrected chi connectivity index (χ0v) is 11.3. The molecule has 0 saturated heterocycles. The normalized spacial score (nSPS) is 16.5. The summed E-state index contributed by atoms with van der Waals surface area (Å²) in [4.78, 5) is 4.47. The third kappa shape index (κ3) is 2.68. The second-order valence-electron chi connectivity index (χ2n) is 5.32. The molecule has 100 valence electrons. The summed E-state index contributed by atoms with van der Waals surface area (Å²) in [6.45, 7) is 2.11. The van der Waals surface area contributed by atoms with Crippen LogP contribution in [-0.2, 0) is 6.42 Å². The van der Waals surface area contributed by atoms with E-state index in [0.717, 1.165) is 18.7 Å². The standard InChI is InChI=1S/C15H20N4/c1-2-13(16)10-12-4-3-8-17-15(12)19-9-7-14(18-19)11-5-6-11/h3-4,7-9,11,13H,2,5-6,10,16H2,1H3. The quantitative estimate of drug-likeness (QED) is 0.893. The third-order valence-corrected chi connectivity index (χ3v) is 3.70. The maximum absolute atomic E-state index is 6.06. The van der Waals surface area contributed by atoms with E-state index in [2.05, 4.69) is 29.1 Å². The van der Waals surface area contributed by atoms with Gasteiger partial charge >= 0.3 is 0 Å². The summed E-state index contributed by atoms with van der Waals surface area (Å²) < 4.78 is 1.89. The topological polar surface area (TPSA) is 56.7 Å². The number of aromatic nitrogens is 3. The second-order valence-corrected chi connectivity index (χ2v) is 5.32. The van der Waals surface area contributed by atoms with Gasteiger partial charge < -0.3 is 5.73 Å². The Morgan fingerprint density at radius 1 is 1.42 bits per heavy atom. The molecule has 1 unspecified atom stereocenters. The number of pyridine rings is 1. The van der Waals surface area contributed by atoms with Crippen LogP contribution in [0.4, 0.5) is 0 Å². The van der Waals surface area contributed by atoms with Gasteiger partial charge in [-0.05, 0) is 43.4 Å². The lowest BCUT2D eigenvalue weighted by Gasteiger charge is -2.12. The summed E-state index contributed by atoms with van der Waals surface area (Å²) in [6, 6.07) is 6.35. The Labute approximate surface area is 113 Å². The van der Waals surface area contributed by atoms with Crippen molar-refractivity contribution < 1.29 is 0 Å². The van der Waals surface area contributed by atoms with Gasteiger partial charge in [-0.3, -0.25) is 0 Å². The summed E-state index contributed by atoms with van der Waals surface area (Å²) in [7, 11) is 0. The fraction of sp³-hybridized carbons (Fsp3) is 0.467. The van der Waals surface area contributed by atoms with Gasteiger partial charge in [0.25, 0.3) is 0 Å². The van der Waals surface area contributed by atoms with Crippen molar-refractivity contribution in [1.82, 2.24) is 14.8 Å². The lowest BCUT2D eigenvalue weighted by Crippen LogP contribution is -2.22. The molecule has 1 fully saturated rings. The highest BCUT2D eigenvalue weighted by Gasteiger charge is 2.26. The van der Waals surface area contributed by atoms with Crippen LogP contribution in [0.25, 0.3) is 5.82 Å². The molecule has 1 saturated carbocycles. The molecular formula is C15H20N4. The van der Waals surface area contributed by atoms with Gasteiger partial charge in [-0.25, -0.2) is 9.67 Å². The van der Waals surface area contributed by atoms with Crippen LogP contribution in [0, 0.1) is 0 Å². The Morgan fingerprint density at radius 2 is 2.26 bits per heavy atom. The van der Waals surface area contributed by atoms with Crippen LogP contribution in [0.1, 0.15) is 43.4 Å². The van der Waals surface area contributed by atoms with Crippen LogP contribution in [0.3, 0.4) is 0 Å². The highest BCUT2D eigenvalue weighted by Crippen LogP contribution is 2.39. The number of nitrogens with two attached hydrogens (primary N) is 1. The molecule has 1 atom stereocenters. The molecular weight excluding hydrogens is 236 g/mol. The SMILES string of the molecule is CCC(N)Cc1cccnc1-n1ccc(C2CC2)n1. The summed E-state index contributed by atoms with van der Waals surface area (Å²) in [5.41, 5.74) is 8.42. The van der Waals surface area contributed by atoms with Crippen molar-refractivity contribution >= 4 is 0 Å². The predicted octanol–water partition coefficient (Wildman–Crippen LogP) is 2.42. The van der Waals surface area contributed by atoms with Gasteiger partial charge in [0, 0.05) is 24.4 Å². The Hall–Kier alpha value is -1.68. The van der Waals surface area contributed by atoms with Crippen molar-refractivity contribution in [2.45, 2.75) is 44.6 Å². The van der Waals surface area contributed by atoms with Crippen LogP contribution in [-0.4, -0.2) is 20.8 Å². The second kappa shape index (κ2) is 5.13. The van der Waals surface area contributed by atoms with Crippen LogP contribution >= 0.6 is 0 Å². The van der Waals surface area contributed by atoms with Gasteiger partial charge in [0.1, 0.15) is 0 Å². The van der Waals surface area contributed by atoms with Crippen molar-refractivity contribution in [2.75, 3.05) is 0 Å². The molecule has 0 aliphatic heterocycles. The highest BCUT2D eigenvalue weighted by molar-refractivity contribution is 5.34. The van der Waals surface area contributed by atoms with Crippen molar-refractivity contribution in [3.05, 3.63) is 41.9 Å². The van der Waals surface area contributed by atoms with Crippen LogP contribution in [0.2, 0.25) is 0 Å². The first kappa shape index (κ1) is 12.4. The van der Waals surface area contributed by atoms with E-state index in [0.29, 0.717) is 5.92 Å². The molecule has 4 nitrogen and oxygen atoms in total. The van der Waals surface area contributed by atoms with Crippen LogP contribution in [0.15, 0.2) is 30.6 Å². The Balaban J connectivity index is 1.89. The maximum atomic E-state index is 6.06. The molecule has 2 aromatic rings. The minimum Gasteiger partial charge on any atom is -0.327 e.